The second kappa shape index (κ2) is 10.5. The molecular formula is C21H24N2O3S. The topological polar surface area (TPSA) is 75.3 Å². The Balaban J connectivity index is 1.74. The van der Waals surface area contributed by atoms with E-state index in [9.17, 15) is 14.4 Å². The van der Waals surface area contributed by atoms with Crippen molar-refractivity contribution >= 4 is 35.0 Å². The van der Waals surface area contributed by atoms with Gasteiger partial charge in [-0.15, -0.1) is 11.8 Å². The molecule has 0 fully saturated rings. The SMILES string of the molecule is CC(C)C(=O)Nc1cccc(CNC(=O)CSCC(=O)c2ccccc2)c1. The first-order chi connectivity index (χ1) is 13.0. The van der Waals surface area contributed by atoms with E-state index in [1.54, 1.807) is 12.1 Å². The fourth-order valence-corrected chi connectivity index (χ4v) is 2.98. The van der Waals surface area contributed by atoms with Crippen LogP contribution in [-0.2, 0) is 16.1 Å². The molecule has 0 aliphatic rings. The van der Waals surface area contributed by atoms with Gasteiger partial charge in [-0.05, 0) is 17.7 Å². The first kappa shape index (κ1) is 20.7. The summed E-state index contributed by atoms with van der Waals surface area (Å²) in [5.41, 5.74) is 2.27. The number of carbonyl (C=O) groups is 3. The number of Topliss-reactive ketones (excluding diaryl/α,β-unsaturated/α-hetero) is 1. The highest BCUT2D eigenvalue weighted by Gasteiger charge is 2.09. The van der Waals surface area contributed by atoms with E-state index in [0.29, 0.717) is 17.8 Å². The van der Waals surface area contributed by atoms with Gasteiger partial charge in [-0.2, -0.15) is 0 Å². The number of carbonyl (C=O) groups excluding carboxylic acids is 3. The van der Waals surface area contributed by atoms with Crippen LogP contribution in [0.2, 0.25) is 0 Å². The van der Waals surface area contributed by atoms with Crippen LogP contribution in [-0.4, -0.2) is 29.1 Å². The molecule has 2 N–H and O–H groups in total. The van der Waals surface area contributed by atoms with Crippen molar-refractivity contribution in [1.29, 1.82) is 0 Å². The molecule has 2 rings (SSSR count). The summed E-state index contributed by atoms with van der Waals surface area (Å²) in [6.45, 7) is 4.04. The van der Waals surface area contributed by atoms with E-state index in [0.717, 1.165) is 5.56 Å². The Labute approximate surface area is 163 Å². The molecule has 2 amide bonds. The fraction of sp³-hybridized carbons (Fsp3) is 0.286. The summed E-state index contributed by atoms with van der Waals surface area (Å²) in [5.74, 6) is 0.246. The molecule has 0 bridgehead atoms. The molecule has 6 heteroatoms. The van der Waals surface area contributed by atoms with Crippen LogP contribution in [0.25, 0.3) is 0 Å². The molecule has 27 heavy (non-hydrogen) atoms. The Kier molecular flexibility index (Phi) is 8.07. The van der Waals surface area contributed by atoms with E-state index in [-0.39, 0.29) is 35.0 Å². The van der Waals surface area contributed by atoms with Crippen molar-refractivity contribution < 1.29 is 14.4 Å². The smallest absolute Gasteiger partial charge is 0.230 e. The normalized spacial score (nSPS) is 10.5. The van der Waals surface area contributed by atoms with Crippen LogP contribution < -0.4 is 10.6 Å². The van der Waals surface area contributed by atoms with E-state index in [4.69, 9.17) is 0 Å². The van der Waals surface area contributed by atoms with Crippen molar-refractivity contribution in [3.63, 3.8) is 0 Å². The van der Waals surface area contributed by atoms with Gasteiger partial charge in [-0.3, -0.25) is 14.4 Å². The monoisotopic (exact) mass is 384 g/mol. The summed E-state index contributed by atoms with van der Waals surface area (Å²) in [5, 5.41) is 5.67. The highest BCUT2D eigenvalue weighted by Crippen LogP contribution is 2.12. The number of hydrogen-bond donors (Lipinski definition) is 2. The van der Waals surface area contributed by atoms with Crippen molar-refractivity contribution in [2.24, 2.45) is 5.92 Å². The zero-order valence-electron chi connectivity index (χ0n) is 15.5. The van der Waals surface area contributed by atoms with Crippen LogP contribution in [0, 0.1) is 5.92 Å². The van der Waals surface area contributed by atoms with Gasteiger partial charge < -0.3 is 10.6 Å². The first-order valence-electron chi connectivity index (χ1n) is 8.78. The number of rotatable bonds is 9. The van der Waals surface area contributed by atoms with E-state index in [2.05, 4.69) is 10.6 Å². The number of benzene rings is 2. The van der Waals surface area contributed by atoms with Gasteiger partial charge in [0.05, 0.1) is 11.5 Å². The minimum absolute atomic E-state index is 0.0157. The third-order valence-corrected chi connectivity index (χ3v) is 4.70. The summed E-state index contributed by atoms with van der Waals surface area (Å²) in [6.07, 6.45) is 0. The van der Waals surface area contributed by atoms with Crippen LogP contribution >= 0.6 is 11.8 Å². The summed E-state index contributed by atoms with van der Waals surface area (Å²) in [7, 11) is 0. The molecule has 0 radical (unpaired) electrons. The maximum atomic E-state index is 12.0. The molecule has 5 nitrogen and oxygen atoms in total. The summed E-state index contributed by atoms with van der Waals surface area (Å²) >= 11 is 1.30. The van der Waals surface area contributed by atoms with Gasteiger partial charge in [0.1, 0.15) is 0 Å². The van der Waals surface area contributed by atoms with E-state index < -0.39 is 0 Å². The van der Waals surface area contributed by atoms with E-state index >= 15 is 0 Å². The van der Waals surface area contributed by atoms with Crippen LogP contribution in [0.1, 0.15) is 29.8 Å². The zero-order valence-corrected chi connectivity index (χ0v) is 16.3. The lowest BCUT2D eigenvalue weighted by atomic mass is 10.1. The number of hydrogen-bond acceptors (Lipinski definition) is 4. The molecule has 2 aromatic carbocycles. The number of thioether (sulfide) groups is 1. The highest BCUT2D eigenvalue weighted by molar-refractivity contribution is 8.00. The molecular weight excluding hydrogens is 360 g/mol. The van der Waals surface area contributed by atoms with Crippen LogP contribution in [0.4, 0.5) is 5.69 Å². The maximum absolute atomic E-state index is 12.0. The number of nitrogens with one attached hydrogen (secondary N) is 2. The van der Waals surface area contributed by atoms with Gasteiger partial charge in [0, 0.05) is 23.7 Å². The average Bonchev–Trinajstić information content (AvgIpc) is 2.67. The van der Waals surface area contributed by atoms with E-state index in [1.807, 2.05) is 56.3 Å². The predicted molar refractivity (Wildman–Crippen MR) is 110 cm³/mol. The Hall–Kier alpha value is -2.60. The van der Waals surface area contributed by atoms with Crippen molar-refractivity contribution in [2.45, 2.75) is 20.4 Å². The molecule has 0 spiro atoms. The van der Waals surface area contributed by atoms with Crippen molar-refractivity contribution in [3.8, 4) is 0 Å². The third-order valence-electron chi connectivity index (χ3n) is 3.77. The summed E-state index contributed by atoms with van der Waals surface area (Å²) in [6, 6.07) is 16.4. The lowest BCUT2D eigenvalue weighted by Gasteiger charge is -2.10. The molecule has 2 aromatic rings. The Morgan fingerprint density at radius 3 is 2.41 bits per heavy atom. The molecule has 142 valence electrons. The maximum Gasteiger partial charge on any atom is 0.230 e. The molecule has 0 aromatic heterocycles. The Bertz CT molecular complexity index is 791. The van der Waals surface area contributed by atoms with Gasteiger partial charge in [0.15, 0.2) is 5.78 Å². The molecule has 0 aliphatic heterocycles. The number of anilines is 1. The van der Waals surface area contributed by atoms with Crippen LogP contribution in [0.3, 0.4) is 0 Å². The fourth-order valence-electron chi connectivity index (χ4n) is 2.24. The second-order valence-corrected chi connectivity index (χ2v) is 7.39. The number of ketones is 1. The average molecular weight is 385 g/mol. The van der Waals surface area contributed by atoms with Gasteiger partial charge >= 0.3 is 0 Å². The van der Waals surface area contributed by atoms with Gasteiger partial charge in [-0.1, -0.05) is 56.3 Å². The first-order valence-corrected chi connectivity index (χ1v) is 9.93. The molecule has 0 aliphatic carbocycles. The largest absolute Gasteiger partial charge is 0.351 e. The third kappa shape index (κ3) is 7.27. The molecule has 0 heterocycles. The van der Waals surface area contributed by atoms with Gasteiger partial charge in [0.25, 0.3) is 0 Å². The summed E-state index contributed by atoms with van der Waals surface area (Å²) < 4.78 is 0. The molecule has 0 atom stereocenters. The second-order valence-electron chi connectivity index (χ2n) is 6.40. The van der Waals surface area contributed by atoms with Crippen LogP contribution in [0.15, 0.2) is 54.6 Å². The highest BCUT2D eigenvalue weighted by atomic mass is 32.2. The molecule has 0 saturated carbocycles. The van der Waals surface area contributed by atoms with Crippen molar-refractivity contribution in [2.75, 3.05) is 16.8 Å². The van der Waals surface area contributed by atoms with Gasteiger partial charge in [0.2, 0.25) is 11.8 Å². The zero-order chi connectivity index (χ0) is 19.6. The Morgan fingerprint density at radius 2 is 1.70 bits per heavy atom. The lowest BCUT2D eigenvalue weighted by Crippen LogP contribution is -2.25. The minimum Gasteiger partial charge on any atom is -0.351 e. The van der Waals surface area contributed by atoms with Gasteiger partial charge in [-0.25, -0.2) is 0 Å². The van der Waals surface area contributed by atoms with Crippen molar-refractivity contribution in [1.82, 2.24) is 5.32 Å². The minimum atomic E-state index is -0.127. The standard InChI is InChI=1S/C21H24N2O3S/c1-15(2)21(26)23-18-10-6-7-16(11-18)12-22-20(25)14-27-13-19(24)17-8-4-3-5-9-17/h3-11,15H,12-14H2,1-2H3,(H,22,25)(H,23,26). The molecule has 0 saturated heterocycles. The number of amides is 2. The van der Waals surface area contributed by atoms with E-state index in [1.165, 1.54) is 11.8 Å². The Morgan fingerprint density at radius 1 is 0.963 bits per heavy atom. The van der Waals surface area contributed by atoms with Crippen molar-refractivity contribution in [3.05, 3.63) is 65.7 Å². The summed E-state index contributed by atoms with van der Waals surface area (Å²) in [4.78, 5) is 35.7. The predicted octanol–water partition coefficient (Wildman–Crippen LogP) is 3.51. The quantitative estimate of drug-likeness (QED) is 0.649. The lowest BCUT2D eigenvalue weighted by molar-refractivity contribution is -0.119. The molecule has 0 unspecified atom stereocenters. The van der Waals surface area contributed by atoms with Crippen LogP contribution in [0.5, 0.6) is 0 Å².